The van der Waals surface area contributed by atoms with E-state index in [9.17, 15) is 26.7 Å². The molecule has 2 aromatic carbocycles. The van der Waals surface area contributed by atoms with Crippen molar-refractivity contribution in [3.05, 3.63) is 94.0 Å². The van der Waals surface area contributed by atoms with Crippen molar-refractivity contribution >= 4 is 0 Å². The van der Waals surface area contributed by atoms with Crippen LogP contribution >= 0.6 is 0 Å². The van der Waals surface area contributed by atoms with E-state index in [1.807, 2.05) is 7.05 Å². The normalized spacial score (nSPS) is 14.9. The van der Waals surface area contributed by atoms with E-state index in [0.29, 0.717) is 28.7 Å². The van der Waals surface area contributed by atoms with E-state index in [4.69, 9.17) is 4.42 Å². The number of aromatic nitrogens is 2. The van der Waals surface area contributed by atoms with Crippen LogP contribution < -0.4 is 5.56 Å². The van der Waals surface area contributed by atoms with Gasteiger partial charge in [0.1, 0.15) is 28.8 Å². The van der Waals surface area contributed by atoms with Gasteiger partial charge in [-0.2, -0.15) is 0 Å². The first-order chi connectivity index (χ1) is 17.2. The van der Waals surface area contributed by atoms with Gasteiger partial charge in [-0.15, -0.1) is 0 Å². The van der Waals surface area contributed by atoms with Gasteiger partial charge in [-0.3, -0.25) is 9.36 Å². The first-order valence-electron chi connectivity index (χ1n) is 11.2. The summed E-state index contributed by atoms with van der Waals surface area (Å²) in [6.07, 6.45) is 2.61. The standard InChI is InChI=1S/C26H20F5N3O2/c1-33-8-6-14(7-9-33)26-32-23(25(36-26)18-4-3-16(27)10-19(18)29)15-2-5-22(35)34(13-15)24-20(30)11-17(28)12-21(24)31/h2-5,10-14H,6-9H2,1H3. The number of hydrogen-bond donors (Lipinski definition) is 0. The van der Waals surface area contributed by atoms with Crippen molar-refractivity contribution in [2.75, 3.05) is 20.1 Å². The van der Waals surface area contributed by atoms with E-state index < -0.39 is 40.3 Å². The number of benzene rings is 2. The molecule has 3 heterocycles. The summed E-state index contributed by atoms with van der Waals surface area (Å²) in [7, 11) is 1.99. The number of halogens is 5. The zero-order chi connectivity index (χ0) is 25.6. The van der Waals surface area contributed by atoms with Gasteiger partial charge in [-0.25, -0.2) is 26.9 Å². The van der Waals surface area contributed by atoms with Gasteiger partial charge in [0.05, 0.1) is 5.56 Å². The van der Waals surface area contributed by atoms with Crippen LogP contribution in [0.3, 0.4) is 0 Å². The summed E-state index contributed by atoms with van der Waals surface area (Å²) in [4.78, 5) is 19.2. The largest absolute Gasteiger partial charge is 0.440 e. The molecule has 0 spiro atoms. The molecule has 4 aromatic rings. The van der Waals surface area contributed by atoms with E-state index in [0.717, 1.165) is 44.3 Å². The fourth-order valence-corrected chi connectivity index (χ4v) is 4.39. The molecule has 1 saturated heterocycles. The third-order valence-electron chi connectivity index (χ3n) is 6.29. The molecule has 0 saturated carbocycles. The minimum absolute atomic E-state index is 0.00771. The molecule has 0 radical (unpaired) electrons. The van der Waals surface area contributed by atoms with Crippen LogP contribution in [-0.2, 0) is 0 Å². The summed E-state index contributed by atoms with van der Waals surface area (Å²) in [5, 5.41) is 0. The van der Waals surface area contributed by atoms with Gasteiger partial charge in [0.2, 0.25) is 0 Å². The summed E-state index contributed by atoms with van der Waals surface area (Å²) in [6, 6.07) is 6.34. The number of likely N-dealkylation sites (tertiary alicyclic amines) is 1. The van der Waals surface area contributed by atoms with E-state index >= 15 is 0 Å². The van der Waals surface area contributed by atoms with E-state index in [1.54, 1.807) is 0 Å². The van der Waals surface area contributed by atoms with Crippen LogP contribution in [-0.4, -0.2) is 34.6 Å². The first kappa shape index (κ1) is 23.9. The van der Waals surface area contributed by atoms with Crippen LogP contribution in [0.1, 0.15) is 24.7 Å². The molecule has 0 atom stereocenters. The Kier molecular flexibility index (Phi) is 6.21. The average molecular weight is 501 g/mol. The number of rotatable bonds is 4. The van der Waals surface area contributed by atoms with Crippen LogP contribution in [0.15, 0.2) is 57.9 Å². The van der Waals surface area contributed by atoms with Gasteiger partial charge in [-0.1, -0.05) is 0 Å². The summed E-state index contributed by atoms with van der Waals surface area (Å²) in [5.74, 6) is -5.07. The number of pyridine rings is 1. The molecule has 0 N–H and O–H groups in total. The van der Waals surface area contributed by atoms with Crippen molar-refractivity contribution in [1.29, 1.82) is 0 Å². The van der Waals surface area contributed by atoms with Gasteiger partial charge >= 0.3 is 0 Å². The maximum atomic E-state index is 14.8. The van der Waals surface area contributed by atoms with Gasteiger partial charge in [-0.05, 0) is 51.2 Å². The lowest BCUT2D eigenvalue weighted by molar-refractivity contribution is 0.238. The molecular formula is C26H20F5N3O2. The topological polar surface area (TPSA) is 51.3 Å². The Morgan fingerprint density at radius 1 is 0.889 bits per heavy atom. The third kappa shape index (κ3) is 4.44. The Bertz CT molecular complexity index is 1480. The smallest absolute Gasteiger partial charge is 0.255 e. The summed E-state index contributed by atoms with van der Waals surface area (Å²) in [5.41, 5.74) is -1.30. The van der Waals surface area contributed by atoms with Crippen molar-refractivity contribution in [2.24, 2.45) is 0 Å². The molecule has 5 nitrogen and oxygen atoms in total. The fourth-order valence-electron chi connectivity index (χ4n) is 4.39. The lowest BCUT2D eigenvalue weighted by Gasteiger charge is -2.26. The van der Waals surface area contributed by atoms with E-state index in [1.165, 1.54) is 12.1 Å². The lowest BCUT2D eigenvalue weighted by atomic mass is 9.97. The van der Waals surface area contributed by atoms with Crippen molar-refractivity contribution < 1.29 is 26.4 Å². The van der Waals surface area contributed by atoms with Crippen molar-refractivity contribution in [3.8, 4) is 28.3 Å². The third-order valence-corrected chi connectivity index (χ3v) is 6.29. The summed E-state index contributed by atoms with van der Waals surface area (Å²) >= 11 is 0. The van der Waals surface area contributed by atoms with Crippen molar-refractivity contribution in [3.63, 3.8) is 0 Å². The maximum absolute atomic E-state index is 14.8. The van der Waals surface area contributed by atoms with Crippen LogP contribution in [0.25, 0.3) is 28.3 Å². The van der Waals surface area contributed by atoms with Crippen molar-refractivity contribution in [1.82, 2.24) is 14.5 Å². The Balaban J connectivity index is 1.68. The highest BCUT2D eigenvalue weighted by molar-refractivity contribution is 5.77. The Labute approximate surface area is 202 Å². The highest BCUT2D eigenvalue weighted by Crippen LogP contribution is 2.38. The predicted octanol–water partition coefficient (Wildman–Crippen LogP) is 5.66. The molecular weight excluding hydrogens is 481 g/mol. The molecule has 1 aliphatic rings. The second kappa shape index (κ2) is 9.34. The number of piperidine rings is 1. The summed E-state index contributed by atoms with van der Waals surface area (Å²) in [6.45, 7) is 1.60. The SMILES string of the molecule is CN1CCC(c2nc(-c3ccc(=O)n(-c4c(F)cc(F)cc4F)c3)c(-c3ccc(F)cc3F)o2)CC1. The number of nitrogens with zero attached hydrogens (tertiary/aromatic N) is 3. The van der Waals surface area contributed by atoms with E-state index in [2.05, 4.69) is 9.88 Å². The highest BCUT2D eigenvalue weighted by atomic mass is 19.2. The molecule has 186 valence electrons. The minimum Gasteiger partial charge on any atom is -0.440 e. The molecule has 5 rings (SSSR count). The van der Waals surface area contributed by atoms with Crippen LogP contribution in [0.2, 0.25) is 0 Å². The molecule has 36 heavy (non-hydrogen) atoms. The minimum atomic E-state index is -1.27. The molecule has 10 heteroatoms. The van der Waals surface area contributed by atoms with Crippen LogP contribution in [0.4, 0.5) is 22.0 Å². The summed E-state index contributed by atoms with van der Waals surface area (Å²) < 4.78 is 77.4. The highest BCUT2D eigenvalue weighted by Gasteiger charge is 2.28. The zero-order valence-corrected chi connectivity index (χ0v) is 19.1. The van der Waals surface area contributed by atoms with Crippen LogP contribution in [0.5, 0.6) is 0 Å². The molecule has 0 aliphatic carbocycles. The first-order valence-corrected chi connectivity index (χ1v) is 11.2. The van der Waals surface area contributed by atoms with Gasteiger partial charge in [0.15, 0.2) is 23.3 Å². The fraction of sp³-hybridized carbons (Fsp3) is 0.231. The lowest BCUT2D eigenvalue weighted by Crippen LogP contribution is -2.29. The second-order valence-corrected chi connectivity index (χ2v) is 8.78. The zero-order valence-electron chi connectivity index (χ0n) is 19.1. The average Bonchev–Trinajstić information content (AvgIpc) is 3.25. The molecule has 0 unspecified atom stereocenters. The number of hydrogen-bond acceptors (Lipinski definition) is 4. The van der Waals surface area contributed by atoms with E-state index in [-0.39, 0.29) is 28.5 Å². The Morgan fingerprint density at radius 3 is 2.22 bits per heavy atom. The molecule has 0 bridgehead atoms. The maximum Gasteiger partial charge on any atom is 0.255 e. The van der Waals surface area contributed by atoms with Crippen LogP contribution in [0, 0.1) is 29.1 Å². The van der Waals surface area contributed by atoms with Gasteiger partial charge < -0.3 is 9.32 Å². The Morgan fingerprint density at radius 2 is 1.56 bits per heavy atom. The second-order valence-electron chi connectivity index (χ2n) is 8.78. The molecule has 0 amide bonds. The number of oxazole rings is 1. The monoisotopic (exact) mass is 501 g/mol. The quantitative estimate of drug-likeness (QED) is 0.339. The Hall–Kier alpha value is -3.79. The van der Waals surface area contributed by atoms with Gasteiger partial charge in [0.25, 0.3) is 5.56 Å². The molecule has 1 aliphatic heterocycles. The molecule has 2 aromatic heterocycles. The predicted molar refractivity (Wildman–Crippen MR) is 122 cm³/mol. The van der Waals surface area contributed by atoms with Gasteiger partial charge in [0, 0.05) is 41.9 Å². The van der Waals surface area contributed by atoms with Crippen molar-refractivity contribution in [2.45, 2.75) is 18.8 Å². The molecule has 1 fully saturated rings.